The van der Waals surface area contributed by atoms with Crippen molar-refractivity contribution in [2.75, 3.05) is 0 Å². The Morgan fingerprint density at radius 1 is 0.388 bits per heavy atom. The van der Waals surface area contributed by atoms with E-state index in [1.165, 1.54) is 110 Å². The van der Waals surface area contributed by atoms with Gasteiger partial charge in [0, 0.05) is 21.9 Å². The van der Waals surface area contributed by atoms with Crippen molar-refractivity contribution in [2.45, 2.75) is 25.7 Å². The third-order valence-corrected chi connectivity index (χ3v) is 14.2. The molecule has 0 saturated heterocycles. The van der Waals surface area contributed by atoms with E-state index in [4.69, 9.17) is 0 Å². The monoisotopic (exact) mass is 855 g/mol. The minimum absolute atomic E-state index is 0.224. The molecule has 0 amide bonds. The van der Waals surface area contributed by atoms with Crippen molar-refractivity contribution in [2.24, 2.45) is 0 Å². The molecular weight excluding hydrogens is 807 g/mol. The van der Waals surface area contributed by atoms with Gasteiger partial charge in [-0.3, -0.25) is 0 Å². The van der Waals surface area contributed by atoms with Crippen LogP contribution in [0.5, 0.6) is 0 Å². The summed E-state index contributed by atoms with van der Waals surface area (Å²) >= 11 is 0. The van der Waals surface area contributed by atoms with Crippen LogP contribution in [0.25, 0.3) is 105 Å². The molecule has 1 heterocycles. The number of nitrogens with zero attached hydrogens (tertiary/aromatic N) is 1. The van der Waals surface area contributed by atoms with Crippen LogP contribution in [0.1, 0.15) is 25.0 Å². The molecule has 0 saturated carbocycles. The molecule has 0 bridgehead atoms. The average Bonchev–Trinajstić information content (AvgIpc) is 3.75. The number of benzene rings is 10. The van der Waals surface area contributed by atoms with Crippen molar-refractivity contribution in [3.05, 3.63) is 260 Å². The summed E-state index contributed by atoms with van der Waals surface area (Å²) in [6.07, 6.45) is 9.55. The summed E-state index contributed by atoms with van der Waals surface area (Å²) < 4.78 is 2.45. The summed E-state index contributed by atoms with van der Waals surface area (Å²) in [5.74, 6) is 0. The lowest BCUT2D eigenvalue weighted by Gasteiger charge is -2.29. The highest BCUT2D eigenvalue weighted by Gasteiger charge is 2.27. The molecule has 0 unspecified atom stereocenters. The largest absolute Gasteiger partial charge is 0.309 e. The molecule has 0 aliphatic heterocycles. The molecule has 318 valence electrons. The second-order valence-electron chi connectivity index (χ2n) is 18.6. The SMILES string of the molecule is C=C1/C=C\C=C/Cc2ccc(-c3cc(-c4ccc(-c5ccccc5)cc4)cc(-c4ccc(-c5cc6ccc7cccc8c7c6c(c5)n8-c5ccc(-c6ccccc6)cc5)cc4)c3)cc2C1(C)C. The van der Waals surface area contributed by atoms with Crippen molar-refractivity contribution < 1.29 is 0 Å². The quantitative estimate of drug-likeness (QED) is 0.141. The van der Waals surface area contributed by atoms with Gasteiger partial charge in [0.2, 0.25) is 0 Å². The van der Waals surface area contributed by atoms with Crippen LogP contribution >= 0.6 is 0 Å². The molecule has 1 heteroatoms. The molecule has 1 aromatic heterocycles. The lowest BCUT2D eigenvalue weighted by molar-refractivity contribution is 0.635. The first kappa shape index (κ1) is 40.3. The van der Waals surface area contributed by atoms with Crippen molar-refractivity contribution >= 4 is 32.6 Å². The Morgan fingerprint density at radius 3 is 1.49 bits per heavy atom. The lowest BCUT2D eigenvalue weighted by atomic mass is 9.75. The first-order valence-electron chi connectivity index (χ1n) is 23.4. The molecule has 0 N–H and O–H groups in total. The van der Waals surface area contributed by atoms with Gasteiger partial charge < -0.3 is 4.57 Å². The van der Waals surface area contributed by atoms with Crippen molar-refractivity contribution in [3.8, 4) is 72.4 Å². The number of aromatic nitrogens is 1. The summed E-state index contributed by atoms with van der Waals surface area (Å²) in [5, 5.41) is 5.14. The fourth-order valence-electron chi connectivity index (χ4n) is 10.4. The third-order valence-electron chi connectivity index (χ3n) is 14.2. The number of fused-ring (bicyclic) bond motifs is 1. The Morgan fingerprint density at radius 2 is 0.881 bits per heavy atom. The first-order valence-corrected chi connectivity index (χ1v) is 23.4. The van der Waals surface area contributed by atoms with Crippen molar-refractivity contribution in [1.29, 1.82) is 0 Å². The zero-order chi connectivity index (χ0) is 45.1. The molecule has 10 aromatic carbocycles. The topological polar surface area (TPSA) is 4.93 Å². The van der Waals surface area contributed by atoms with Gasteiger partial charge in [-0.15, -0.1) is 0 Å². The van der Waals surface area contributed by atoms with Gasteiger partial charge in [0.05, 0.1) is 11.0 Å². The molecule has 1 nitrogen and oxygen atoms in total. The van der Waals surface area contributed by atoms with Crippen molar-refractivity contribution in [1.82, 2.24) is 4.57 Å². The number of hydrogen-bond acceptors (Lipinski definition) is 0. The van der Waals surface area contributed by atoms with E-state index >= 15 is 0 Å². The van der Waals surface area contributed by atoms with Crippen LogP contribution in [0.15, 0.2) is 249 Å². The van der Waals surface area contributed by atoms with Gasteiger partial charge >= 0.3 is 0 Å². The maximum atomic E-state index is 4.52. The predicted octanol–water partition coefficient (Wildman–Crippen LogP) is 17.9. The molecule has 67 heavy (non-hydrogen) atoms. The minimum Gasteiger partial charge on any atom is -0.309 e. The summed E-state index contributed by atoms with van der Waals surface area (Å²) in [7, 11) is 0. The fraction of sp³-hybridized carbons (Fsp3) is 0.0606. The van der Waals surface area contributed by atoms with Crippen molar-refractivity contribution in [3.63, 3.8) is 0 Å². The molecule has 12 rings (SSSR count). The van der Waals surface area contributed by atoms with Crippen LogP contribution < -0.4 is 0 Å². The van der Waals surface area contributed by atoms with Gasteiger partial charge in [-0.05, 0) is 155 Å². The van der Waals surface area contributed by atoms with Gasteiger partial charge in [0.25, 0.3) is 0 Å². The van der Waals surface area contributed by atoms with Crippen LogP contribution in [0.2, 0.25) is 0 Å². The summed E-state index contributed by atoms with van der Waals surface area (Å²) in [5.41, 5.74) is 21.5. The Balaban J connectivity index is 0.960. The Bertz CT molecular complexity index is 3690. The number of rotatable bonds is 7. The van der Waals surface area contributed by atoms with E-state index in [1.54, 1.807) is 0 Å². The van der Waals surface area contributed by atoms with E-state index in [0.717, 1.165) is 17.7 Å². The molecule has 0 radical (unpaired) electrons. The lowest BCUT2D eigenvalue weighted by Crippen LogP contribution is -2.20. The normalized spacial score (nSPS) is 14.4. The fourth-order valence-corrected chi connectivity index (χ4v) is 10.4. The Hall–Kier alpha value is -8.26. The highest BCUT2D eigenvalue weighted by atomic mass is 15.0. The number of hydrogen-bond donors (Lipinski definition) is 0. The van der Waals surface area contributed by atoms with E-state index in [0.29, 0.717) is 0 Å². The smallest absolute Gasteiger partial charge is 0.0553 e. The molecule has 1 aliphatic rings. The van der Waals surface area contributed by atoms with E-state index in [9.17, 15) is 0 Å². The van der Waals surface area contributed by atoms with Crippen LogP contribution in [-0.4, -0.2) is 4.57 Å². The second kappa shape index (κ2) is 16.3. The zero-order valence-corrected chi connectivity index (χ0v) is 37.9. The third kappa shape index (κ3) is 7.21. The number of allylic oxidation sites excluding steroid dienone is 5. The highest BCUT2D eigenvalue weighted by Crippen LogP contribution is 2.43. The summed E-state index contributed by atoms with van der Waals surface area (Å²) in [6.45, 7) is 9.12. The Kier molecular flexibility index (Phi) is 9.81. The highest BCUT2D eigenvalue weighted by molar-refractivity contribution is 6.25. The molecule has 11 aromatic rings. The van der Waals surface area contributed by atoms with E-state index in [-0.39, 0.29) is 5.41 Å². The summed E-state index contributed by atoms with van der Waals surface area (Å²) in [4.78, 5) is 0. The summed E-state index contributed by atoms with van der Waals surface area (Å²) in [6, 6.07) is 78.6. The van der Waals surface area contributed by atoms with Crippen LogP contribution in [0, 0.1) is 0 Å². The van der Waals surface area contributed by atoms with Gasteiger partial charge in [-0.1, -0.05) is 202 Å². The maximum Gasteiger partial charge on any atom is 0.0553 e. The van der Waals surface area contributed by atoms with Gasteiger partial charge in [0.15, 0.2) is 0 Å². The van der Waals surface area contributed by atoms with E-state index < -0.39 is 0 Å². The van der Waals surface area contributed by atoms with Crippen LogP contribution in [-0.2, 0) is 11.8 Å². The van der Waals surface area contributed by atoms with Gasteiger partial charge in [-0.25, -0.2) is 0 Å². The first-order chi connectivity index (χ1) is 32.9. The van der Waals surface area contributed by atoms with Crippen LogP contribution in [0.3, 0.4) is 0 Å². The van der Waals surface area contributed by atoms with E-state index in [1.807, 2.05) is 0 Å². The van der Waals surface area contributed by atoms with Gasteiger partial charge in [0.1, 0.15) is 0 Å². The molecular formula is C66H49N. The standard InChI is InChI=1S/C66H49N/c1-44-14-7-4-12-19-52-30-32-54(42-61(52)66(44,2)3)58-40-56(49-24-22-47(23-25-49)45-15-8-5-9-16-45)39-57(41-58)50-26-28-51(29-27-50)59-38-55-33-31-53-20-13-21-62-64(53)65(55)63(43-59)67(62)60-36-34-48(35-37-60)46-17-10-6-11-18-46/h4-18,20-43H,1,19H2,2-3H3/b12-4-,14-7-. The Labute approximate surface area is 393 Å². The van der Waals surface area contributed by atoms with Gasteiger partial charge in [-0.2, -0.15) is 0 Å². The average molecular weight is 856 g/mol. The second-order valence-corrected chi connectivity index (χ2v) is 18.6. The maximum absolute atomic E-state index is 4.52. The molecule has 0 fully saturated rings. The van der Waals surface area contributed by atoms with Crippen LogP contribution in [0.4, 0.5) is 0 Å². The van der Waals surface area contributed by atoms with E-state index in [2.05, 4.69) is 262 Å². The predicted molar refractivity (Wildman–Crippen MR) is 286 cm³/mol. The molecule has 0 spiro atoms. The minimum atomic E-state index is -0.224. The molecule has 0 atom stereocenters. The zero-order valence-electron chi connectivity index (χ0n) is 37.9. The molecule has 1 aliphatic carbocycles.